The number of fused-ring (bicyclic) bond motifs is 1. The van der Waals surface area contributed by atoms with Gasteiger partial charge in [0.15, 0.2) is 6.29 Å². The van der Waals surface area contributed by atoms with Crippen molar-refractivity contribution < 1.29 is 9.47 Å². The van der Waals surface area contributed by atoms with Crippen molar-refractivity contribution in [1.82, 2.24) is 0 Å². The van der Waals surface area contributed by atoms with Crippen molar-refractivity contribution in [2.45, 2.75) is 64.1 Å². The van der Waals surface area contributed by atoms with E-state index in [1.807, 2.05) is 0 Å². The van der Waals surface area contributed by atoms with Crippen LogP contribution in [0.2, 0.25) is 0 Å². The van der Waals surface area contributed by atoms with Crippen LogP contribution in [-0.2, 0) is 9.47 Å². The summed E-state index contributed by atoms with van der Waals surface area (Å²) >= 11 is 0. The van der Waals surface area contributed by atoms with Crippen LogP contribution in [0.4, 0.5) is 0 Å². The van der Waals surface area contributed by atoms with Crippen molar-refractivity contribution in [3.8, 4) is 0 Å². The summed E-state index contributed by atoms with van der Waals surface area (Å²) in [4.78, 5) is 0. The third-order valence-electron chi connectivity index (χ3n) is 6.54. The standard InChI is InChI=1S/C19H36O2S2/c1-20-19(21-2)15-23(13-6-12-22-23)14-11-17-9-5-8-16-7-3-4-10-18(16)17/h16-19H,3-15H2,1-2H3. The Hall–Kier alpha value is 0.620. The number of rotatable bonds is 7. The second-order valence-electron chi connectivity index (χ2n) is 7.81. The first-order chi connectivity index (χ1) is 11.3. The zero-order valence-electron chi connectivity index (χ0n) is 15.1. The molecule has 2 nitrogen and oxygen atoms in total. The van der Waals surface area contributed by atoms with E-state index in [9.17, 15) is 0 Å². The molecule has 23 heavy (non-hydrogen) atoms. The van der Waals surface area contributed by atoms with Crippen LogP contribution in [0.1, 0.15) is 57.8 Å². The van der Waals surface area contributed by atoms with Crippen LogP contribution >= 0.6 is 19.9 Å². The molecule has 0 amide bonds. The first-order valence-electron chi connectivity index (χ1n) is 9.73. The van der Waals surface area contributed by atoms with Crippen molar-refractivity contribution in [3.63, 3.8) is 0 Å². The Morgan fingerprint density at radius 2 is 1.78 bits per heavy atom. The number of ether oxygens (including phenoxy) is 2. The molecule has 0 radical (unpaired) electrons. The lowest BCUT2D eigenvalue weighted by molar-refractivity contribution is -0.0845. The molecule has 136 valence electrons. The van der Waals surface area contributed by atoms with Gasteiger partial charge in [0, 0.05) is 25.7 Å². The van der Waals surface area contributed by atoms with E-state index in [1.54, 1.807) is 14.2 Å². The molecular weight excluding hydrogens is 324 g/mol. The topological polar surface area (TPSA) is 18.5 Å². The van der Waals surface area contributed by atoms with Crippen molar-refractivity contribution in [2.75, 3.05) is 37.2 Å². The van der Waals surface area contributed by atoms with Gasteiger partial charge in [-0.15, -0.1) is 10.8 Å². The Morgan fingerprint density at radius 1 is 1.00 bits per heavy atom. The first-order valence-corrected chi connectivity index (χ1v) is 13.4. The van der Waals surface area contributed by atoms with Crippen LogP contribution < -0.4 is 0 Å². The van der Waals surface area contributed by atoms with Crippen molar-refractivity contribution >= 4 is 19.9 Å². The molecule has 4 unspecified atom stereocenters. The van der Waals surface area contributed by atoms with E-state index >= 15 is 0 Å². The van der Waals surface area contributed by atoms with Gasteiger partial charge >= 0.3 is 0 Å². The SMILES string of the molecule is COC(CS1(CCC2CCCC3CCCCC32)CCCS1)OC. The minimum absolute atomic E-state index is 0.0179. The molecule has 1 heterocycles. The maximum absolute atomic E-state index is 5.55. The average molecular weight is 361 g/mol. The highest BCUT2D eigenvalue weighted by Gasteiger charge is 2.37. The summed E-state index contributed by atoms with van der Waals surface area (Å²) in [7, 11) is 5.34. The van der Waals surface area contributed by atoms with E-state index in [-0.39, 0.29) is 6.29 Å². The Kier molecular flexibility index (Phi) is 7.06. The second kappa shape index (κ2) is 8.82. The van der Waals surface area contributed by atoms with Crippen molar-refractivity contribution in [3.05, 3.63) is 0 Å². The molecular formula is C19H36O2S2. The highest BCUT2D eigenvalue weighted by atomic mass is 33.2. The minimum atomic E-state index is -0.555. The summed E-state index contributed by atoms with van der Waals surface area (Å²) in [5.41, 5.74) is 0. The van der Waals surface area contributed by atoms with E-state index in [4.69, 9.17) is 9.47 Å². The predicted molar refractivity (Wildman–Crippen MR) is 104 cm³/mol. The largest absolute Gasteiger partial charge is 0.355 e. The van der Waals surface area contributed by atoms with Gasteiger partial charge in [0.2, 0.25) is 0 Å². The van der Waals surface area contributed by atoms with Crippen LogP contribution in [-0.4, -0.2) is 43.5 Å². The Morgan fingerprint density at radius 3 is 2.52 bits per heavy atom. The normalized spacial score (nSPS) is 40.7. The van der Waals surface area contributed by atoms with Crippen molar-refractivity contribution in [1.29, 1.82) is 0 Å². The van der Waals surface area contributed by atoms with Gasteiger partial charge in [0.1, 0.15) is 0 Å². The molecule has 0 aromatic rings. The lowest BCUT2D eigenvalue weighted by Crippen LogP contribution is -2.32. The molecule has 3 fully saturated rings. The molecule has 0 aromatic carbocycles. The molecule has 1 saturated heterocycles. The fraction of sp³-hybridized carbons (Fsp3) is 1.00. The fourth-order valence-corrected chi connectivity index (χ4v) is 12.5. The van der Waals surface area contributed by atoms with Gasteiger partial charge < -0.3 is 9.47 Å². The Bertz CT molecular complexity index is 351. The monoisotopic (exact) mass is 360 g/mol. The molecule has 3 aliphatic rings. The third kappa shape index (κ3) is 4.62. The van der Waals surface area contributed by atoms with Gasteiger partial charge in [-0.3, -0.25) is 0 Å². The Labute approximate surface area is 148 Å². The van der Waals surface area contributed by atoms with E-state index in [1.165, 1.54) is 75.0 Å². The van der Waals surface area contributed by atoms with Gasteiger partial charge in [-0.25, -0.2) is 0 Å². The average Bonchev–Trinajstić information content (AvgIpc) is 3.07. The second-order valence-corrected chi connectivity index (χ2v) is 14.4. The van der Waals surface area contributed by atoms with E-state index in [0.29, 0.717) is 0 Å². The van der Waals surface area contributed by atoms with E-state index in [2.05, 4.69) is 10.8 Å². The summed E-state index contributed by atoms with van der Waals surface area (Å²) in [6.45, 7) is 0. The lowest BCUT2D eigenvalue weighted by atomic mass is 9.65. The zero-order valence-corrected chi connectivity index (χ0v) is 16.8. The summed E-state index contributed by atoms with van der Waals surface area (Å²) in [6, 6.07) is 0. The van der Waals surface area contributed by atoms with Gasteiger partial charge in [0.25, 0.3) is 0 Å². The predicted octanol–water partition coefficient (Wildman–Crippen LogP) is 5.46. The van der Waals surface area contributed by atoms with Gasteiger partial charge in [-0.2, -0.15) is 9.06 Å². The molecule has 1 aliphatic heterocycles. The summed E-state index contributed by atoms with van der Waals surface area (Å²) in [5, 5.41) is 0. The minimum Gasteiger partial charge on any atom is -0.355 e. The highest BCUT2D eigenvalue weighted by Crippen LogP contribution is 2.66. The third-order valence-corrected chi connectivity index (χ3v) is 13.8. The van der Waals surface area contributed by atoms with Crippen LogP contribution in [0.25, 0.3) is 0 Å². The van der Waals surface area contributed by atoms with Crippen LogP contribution in [0.3, 0.4) is 0 Å². The van der Waals surface area contributed by atoms with Crippen LogP contribution in [0, 0.1) is 17.8 Å². The molecule has 3 rings (SSSR count). The molecule has 0 aromatic heterocycles. The molecule has 4 atom stereocenters. The number of hydrogen-bond donors (Lipinski definition) is 0. The van der Waals surface area contributed by atoms with Crippen molar-refractivity contribution in [2.24, 2.45) is 17.8 Å². The molecule has 0 spiro atoms. The number of hydrogen-bond acceptors (Lipinski definition) is 3. The van der Waals surface area contributed by atoms with Gasteiger partial charge in [-0.05, 0) is 48.5 Å². The first kappa shape index (κ1) is 18.4. The number of methoxy groups -OCH3 is 2. The molecule has 0 N–H and O–H groups in total. The van der Waals surface area contributed by atoms with E-state index in [0.717, 1.165) is 23.5 Å². The summed E-state index contributed by atoms with van der Waals surface area (Å²) < 4.78 is 11.1. The van der Waals surface area contributed by atoms with Crippen LogP contribution in [0.15, 0.2) is 0 Å². The molecule has 2 aliphatic carbocycles. The van der Waals surface area contributed by atoms with E-state index < -0.39 is 9.06 Å². The zero-order chi connectivity index (χ0) is 16.1. The lowest BCUT2D eigenvalue weighted by Gasteiger charge is -2.44. The highest BCUT2D eigenvalue weighted by molar-refractivity contribution is 8.94. The quantitative estimate of drug-likeness (QED) is 0.444. The summed E-state index contributed by atoms with van der Waals surface area (Å²) in [6.07, 6.45) is 13.5. The van der Waals surface area contributed by atoms with Crippen LogP contribution in [0.5, 0.6) is 0 Å². The smallest absolute Gasteiger partial charge is 0.165 e. The molecule has 4 heteroatoms. The van der Waals surface area contributed by atoms with Gasteiger partial charge in [0.05, 0.1) is 0 Å². The maximum Gasteiger partial charge on any atom is 0.165 e. The maximum atomic E-state index is 5.55. The Balaban J connectivity index is 1.57. The molecule has 0 bridgehead atoms. The van der Waals surface area contributed by atoms with Gasteiger partial charge in [-0.1, -0.05) is 38.5 Å². The molecule has 2 saturated carbocycles. The summed E-state index contributed by atoms with van der Waals surface area (Å²) in [5.74, 6) is 8.62. The fourth-order valence-electron chi connectivity index (χ4n) is 5.27.